The van der Waals surface area contributed by atoms with Gasteiger partial charge in [-0.3, -0.25) is 4.79 Å². The highest BCUT2D eigenvalue weighted by Gasteiger charge is 2.41. The van der Waals surface area contributed by atoms with Gasteiger partial charge in [-0.25, -0.2) is 5.01 Å². The molecule has 3 aliphatic rings. The zero-order valence-corrected chi connectivity index (χ0v) is 22.8. The number of ether oxygens (including phenoxy) is 2. The number of carbonyl (C=O) groups is 1. The number of carbonyl (C=O) groups excluding carboxylic acids is 1. The molecule has 1 unspecified atom stereocenters. The zero-order chi connectivity index (χ0) is 25.5. The van der Waals surface area contributed by atoms with Crippen LogP contribution >= 0.6 is 0 Å². The van der Waals surface area contributed by atoms with Gasteiger partial charge in [-0.1, -0.05) is 45.2 Å². The van der Waals surface area contributed by atoms with Crippen molar-refractivity contribution in [1.29, 1.82) is 0 Å². The van der Waals surface area contributed by atoms with E-state index < -0.39 is 0 Å². The molecule has 4 atom stereocenters. The van der Waals surface area contributed by atoms with Crippen LogP contribution in [0.3, 0.4) is 0 Å². The van der Waals surface area contributed by atoms with Crippen LogP contribution in [0.15, 0.2) is 15.9 Å². The van der Waals surface area contributed by atoms with Gasteiger partial charge >= 0.3 is 0 Å². The molecule has 1 aromatic rings. The van der Waals surface area contributed by atoms with E-state index in [0.717, 1.165) is 23.4 Å². The minimum Gasteiger partial charge on any atom is -0.381 e. The van der Waals surface area contributed by atoms with Crippen molar-refractivity contribution >= 4 is 5.91 Å². The van der Waals surface area contributed by atoms with Crippen LogP contribution in [0.1, 0.15) is 107 Å². The summed E-state index contributed by atoms with van der Waals surface area (Å²) < 4.78 is 17.9. The fourth-order valence-corrected chi connectivity index (χ4v) is 5.99. The molecule has 0 spiro atoms. The topological polar surface area (TPSA) is 80.1 Å². The molecule has 1 aliphatic carbocycles. The Morgan fingerprint density at radius 3 is 2.46 bits per heavy atom. The van der Waals surface area contributed by atoms with Gasteiger partial charge in [-0.05, 0) is 39.0 Å². The number of aromatic nitrogens is 1. The van der Waals surface area contributed by atoms with Gasteiger partial charge in [0.1, 0.15) is 6.10 Å². The maximum Gasteiger partial charge on any atom is 0.277 e. The number of allylic oxidation sites excluding steroid dienone is 1. The average Bonchev–Trinajstić information content (AvgIpc) is 3.31. The van der Waals surface area contributed by atoms with Gasteiger partial charge < -0.3 is 24.3 Å². The minimum absolute atomic E-state index is 0.0254. The third-order valence-electron chi connectivity index (χ3n) is 8.28. The summed E-state index contributed by atoms with van der Waals surface area (Å²) >= 11 is 0. The highest BCUT2D eigenvalue weighted by molar-refractivity contribution is 5.95. The molecule has 0 aromatic carbocycles. The monoisotopic (exact) mass is 488 g/mol. The molecule has 1 amide bonds. The van der Waals surface area contributed by atoms with Crippen LogP contribution in [0, 0.1) is 12.3 Å². The number of hydrazine groups is 1. The number of hydrogen-bond donors (Lipinski definition) is 1. The van der Waals surface area contributed by atoms with Crippen molar-refractivity contribution < 1.29 is 18.8 Å². The average molecular weight is 489 g/mol. The molecule has 1 saturated heterocycles. The Kier molecular flexibility index (Phi) is 7.65. The lowest BCUT2D eigenvalue weighted by molar-refractivity contribution is -0.150. The molecular formula is C27H44N4O4. The van der Waals surface area contributed by atoms with Crippen LogP contribution in [0.5, 0.6) is 0 Å². The first kappa shape index (κ1) is 26.2. The molecule has 35 heavy (non-hydrogen) atoms. The molecule has 0 bridgehead atoms. The van der Waals surface area contributed by atoms with E-state index in [1.807, 2.05) is 6.92 Å². The summed E-state index contributed by atoms with van der Waals surface area (Å²) in [6.07, 6.45) is 7.61. The second-order valence-electron chi connectivity index (χ2n) is 11.7. The lowest BCUT2D eigenvalue weighted by Crippen LogP contribution is -2.48. The lowest BCUT2D eigenvalue weighted by Gasteiger charge is -2.40. The summed E-state index contributed by atoms with van der Waals surface area (Å²) in [5, 5.41) is 12.0. The van der Waals surface area contributed by atoms with Gasteiger partial charge in [0, 0.05) is 44.3 Å². The Hall–Kier alpha value is -1.90. The molecule has 8 heteroatoms. The van der Waals surface area contributed by atoms with Crippen molar-refractivity contribution in [1.82, 2.24) is 20.5 Å². The van der Waals surface area contributed by atoms with Crippen LogP contribution < -0.4 is 5.32 Å². The number of methoxy groups -OCH3 is 1. The van der Waals surface area contributed by atoms with Gasteiger partial charge in [-0.2, -0.15) is 0 Å². The van der Waals surface area contributed by atoms with Crippen LogP contribution in [0.2, 0.25) is 0 Å². The van der Waals surface area contributed by atoms with Crippen molar-refractivity contribution in [2.24, 2.45) is 5.41 Å². The second kappa shape index (κ2) is 10.2. The number of hydrogen-bond acceptors (Lipinski definition) is 7. The van der Waals surface area contributed by atoms with Crippen LogP contribution in [0.25, 0.3) is 0 Å². The number of amides is 1. The molecule has 2 fully saturated rings. The third kappa shape index (κ3) is 5.16. The van der Waals surface area contributed by atoms with Crippen molar-refractivity contribution in [3.05, 3.63) is 28.4 Å². The molecule has 196 valence electrons. The standard InChI is InChI=1S/C27H44N4O4/c1-16-23(29-35-25(16)21-14-20(33-8)15-22(34-21)27(4,5)6)26(32)28-24-17(2)30(7)31(18(24)3)19-12-10-9-11-13-19/h18-22H,9-15H2,1-8H3,(H,28,32)/t18?,20-,21-,22+/m0/s1. The largest absolute Gasteiger partial charge is 0.381 e. The summed E-state index contributed by atoms with van der Waals surface area (Å²) in [5.41, 5.74) is 3.04. The van der Waals surface area contributed by atoms with Crippen molar-refractivity contribution in [3.63, 3.8) is 0 Å². The zero-order valence-electron chi connectivity index (χ0n) is 22.8. The van der Waals surface area contributed by atoms with Gasteiger partial charge in [0.15, 0.2) is 11.5 Å². The molecular weight excluding hydrogens is 444 g/mol. The van der Waals surface area contributed by atoms with E-state index in [0.29, 0.717) is 23.9 Å². The van der Waals surface area contributed by atoms with E-state index in [9.17, 15) is 4.79 Å². The van der Waals surface area contributed by atoms with E-state index >= 15 is 0 Å². The third-order valence-corrected chi connectivity index (χ3v) is 8.28. The number of nitrogens with zero attached hydrogens (tertiary/aromatic N) is 3. The summed E-state index contributed by atoms with van der Waals surface area (Å²) in [4.78, 5) is 13.4. The maximum absolute atomic E-state index is 13.4. The highest BCUT2D eigenvalue weighted by atomic mass is 16.5. The fourth-order valence-electron chi connectivity index (χ4n) is 5.99. The van der Waals surface area contributed by atoms with E-state index in [-0.39, 0.29) is 35.7 Å². The fraction of sp³-hybridized carbons (Fsp3) is 0.778. The SMILES string of the molecule is CO[C@H]1C[C@@H](c2onc(C(=O)NC3=C(C)N(C)N(C4CCCCC4)C3C)c2C)O[C@@H](C(C)(C)C)C1. The number of rotatable bonds is 5. The molecule has 1 aromatic heterocycles. The van der Waals surface area contributed by atoms with Gasteiger partial charge in [-0.15, -0.1) is 0 Å². The summed E-state index contributed by atoms with van der Waals surface area (Å²) in [7, 11) is 3.84. The van der Waals surface area contributed by atoms with Crippen molar-refractivity contribution in [2.45, 2.75) is 117 Å². The van der Waals surface area contributed by atoms with Crippen LogP contribution in [-0.2, 0) is 9.47 Å². The Balaban J connectivity index is 1.50. The van der Waals surface area contributed by atoms with Crippen molar-refractivity contribution in [2.75, 3.05) is 14.2 Å². The normalized spacial score (nSPS) is 29.2. The Labute approximate surface area is 210 Å². The van der Waals surface area contributed by atoms with E-state index in [2.05, 4.69) is 62.2 Å². The lowest BCUT2D eigenvalue weighted by atomic mass is 9.82. The van der Waals surface area contributed by atoms with E-state index in [1.54, 1.807) is 7.11 Å². The molecule has 1 saturated carbocycles. The van der Waals surface area contributed by atoms with Gasteiger partial charge in [0.25, 0.3) is 5.91 Å². The molecule has 0 radical (unpaired) electrons. The second-order valence-corrected chi connectivity index (χ2v) is 11.7. The Morgan fingerprint density at radius 1 is 1.14 bits per heavy atom. The van der Waals surface area contributed by atoms with Gasteiger partial charge in [0.2, 0.25) is 0 Å². The molecule has 1 N–H and O–H groups in total. The summed E-state index contributed by atoms with van der Waals surface area (Å²) in [6.45, 7) is 12.7. The van der Waals surface area contributed by atoms with Crippen LogP contribution in [-0.4, -0.2) is 59.5 Å². The smallest absolute Gasteiger partial charge is 0.277 e. The van der Waals surface area contributed by atoms with Gasteiger partial charge in [0.05, 0.1) is 23.9 Å². The highest BCUT2D eigenvalue weighted by Crippen LogP contribution is 2.41. The van der Waals surface area contributed by atoms with Crippen LogP contribution in [0.4, 0.5) is 0 Å². The first-order valence-electron chi connectivity index (χ1n) is 13.2. The van der Waals surface area contributed by atoms with E-state index in [1.165, 1.54) is 32.1 Å². The summed E-state index contributed by atoms with van der Waals surface area (Å²) in [6, 6.07) is 0.622. The quantitative estimate of drug-likeness (QED) is 0.617. The molecule has 4 rings (SSSR count). The predicted octanol–water partition coefficient (Wildman–Crippen LogP) is 5.11. The van der Waals surface area contributed by atoms with Crippen molar-refractivity contribution in [3.8, 4) is 0 Å². The Bertz CT molecular complexity index is 943. The Morgan fingerprint density at radius 2 is 1.83 bits per heavy atom. The van der Waals surface area contributed by atoms with E-state index in [4.69, 9.17) is 14.0 Å². The summed E-state index contributed by atoms with van der Waals surface area (Å²) in [5.74, 6) is 0.390. The number of nitrogens with one attached hydrogen (secondary N) is 1. The molecule has 3 heterocycles. The predicted molar refractivity (Wildman–Crippen MR) is 134 cm³/mol. The molecule has 8 nitrogen and oxygen atoms in total. The maximum atomic E-state index is 13.4. The first-order valence-corrected chi connectivity index (χ1v) is 13.2. The minimum atomic E-state index is -0.286. The molecule has 2 aliphatic heterocycles. The first-order chi connectivity index (χ1) is 16.5.